The molecular weight excluding hydrogens is 647 g/mol. The number of halogens is 2. The fourth-order valence-corrected chi connectivity index (χ4v) is 8.58. The molecule has 3 aliphatic rings. The Morgan fingerprint density at radius 1 is 0.958 bits per heavy atom. The molecule has 0 unspecified atom stereocenters. The van der Waals surface area contributed by atoms with Gasteiger partial charge in [0.25, 0.3) is 0 Å². The minimum absolute atomic E-state index is 0.255. The largest absolute Gasteiger partial charge is 0.493 e. The highest BCUT2D eigenvalue weighted by Gasteiger charge is 2.29. The van der Waals surface area contributed by atoms with Crippen LogP contribution in [0, 0.1) is 5.82 Å². The zero-order valence-corrected chi connectivity index (χ0v) is 28.1. The standard InChI is InChI=1S/C38H34ClFN4O3S/c1-43-36-29-12-13-30(39)34(36)35-31(42-44-14-2-5-32(35)44)21-48-20-23-7-10-26(41-19-23)9-6-22-16-24-18-25(40)8-11-27(24)33(17-22)47-15-3-4-28(29)37(43)38(45)46/h7-8,10-13,16-19H,2-6,9,14-15,20-21H2,1H3,(H,45,46). The molecule has 8 bridgehead atoms. The molecule has 1 N–H and O–H groups in total. The van der Waals surface area contributed by atoms with Crippen molar-refractivity contribution >= 4 is 51.0 Å². The highest BCUT2D eigenvalue weighted by molar-refractivity contribution is 7.97. The molecule has 3 aromatic carbocycles. The Morgan fingerprint density at radius 2 is 1.83 bits per heavy atom. The number of aromatic nitrogens is 4. The Kier molecular flexibility index (Phi) is 8.13. The molecule has 6 aromatic rings. The number of carboxylic acids is 1. The van der Waals surface area contributed by atoms with Crippen molar-refractivity contribution in [2.45, 2.75) is 56.6 Å². The number of rotatable bonds is 1. The number of thioether (sulfide) groups is 1. The van der Waals surface area contributed by atoms with Crippen molar-refractivity contribution in [1.29, 1.82) is 0 Å². The minimum atomic E-state index is -0.978. The number of fused-ring (bicyclic) bond motifs is 10. The summed E-state index contributed by atoms with van der Waals surface area (Å²) in [6.07, 6.45) is 6.43. The molecule has 0 amide bonds. The first-order valence-corrected chi connectivity index (χ1v) is 17.9. The third-order valence-electron chi connectivity index (χ3n) is 9.60. The van der Waals surface area contributed by atoms with Crippen LogP contribution in [-0.2, 0) is 50.8 Å². The first-order chi connectivity index (χ1) is 23.4. The summed E-state index contributed by atoms with van der Waals surface area (Å²) in [5.41, 5.74) is 9.01. The van der Waals surface area contributed by atoms with Crippen molar-refractivity contribution in [3.63, 3.8) is 0 Å². The van der Waals surface area contributed by atoms with Gasteiger partial charge in [-0.2, -0.15) is 16.9 Å². The van der Waals surface area contributed by atoms with Gasteiger partial charge >= 0.3 is 5.97 Å². The molecule has 48 heavy (non-hydrogen) atoms. The van der Waals surface area contributed by atoms with E-state index in [4.69, 9.17) is 26.4 Å². The summed E-state index contributed by atoms with van der Waals surface area (Å²) in [4.78, 5) is 17.6. The van der Waals surface area contributed by atoms with E-state index in [0.29, 0.717) is 36.0 Å². The maximum atomic E-state index is 14.3. The van der Waals surface area contributed by atoms with Gasteiger partial charge in [0.15, 0.2) is 0 Å². The molecule has 3 aliphatic heterocycles. The molecule has 3 aromatic heterocycles. The Bertz CT molecular complexity index is 2230. The van der Waals surface area contributed by atoms with E-state index in [2.05, 4.69) is 16.8 Å². The number of carboxylic acid groups (broad SMARTS) is 1. The van der Waals surface area contributed by atoms with E-state index in [9.17, 15) is 14.3 Å². The monoisotopic (exact) mass is 680 g/mol. The van der Waals surface area contributed by atoms with Crippen LogP contribution in [0.4, 0.5) is 4.39 Å². The molecule has 6 heterocycles. The summed E-state index contributed by atoms with van der Waals surface area (Å²) in [5, 5.41) is 18.6. The summed E-state index contributed by atoms with van der Waals surface area (Å²) in [5.74, 6) is 0.890. The maximum Gasteiger partial charge on any atom is 0.352 e. The molecule has 0 spiro atoms. The van der Waals surface area contributed by atoms with Crippen molar-refractivity contribution < 1.29 is 19.0 Å². The number of aryl methyl sites for hydroxylation is 5. The Balaban J connectivity index is 1.25. The van der Waals surface area contributed by atoms with Crippen LogP contribution in [0.15, 0.2) is 60.8 Å². The lowest BCUT2D eigenvalue weighted by atomic mass is 9.97. The van der Waals surface area contributed by atoms with E-state index in [0.717, 1.165) is 105 Å². The Morgan fingerprint density at radius 3 is 2.67 bits per heavy atom. The van der Waals surface area contributed by atoms with Crippen LogP contribution >= 0.6 is 23.4 Å². The van der Waals surface area contributed by atoms with E-state index >= 15 is 0 Å². The lowest BCUT2D eigenvalue weighted by Gasteiger charge is -2.13. The van der Waals surface area contributed by atoms with E-state index in [1.165, 1.54) is 6.07 Å². The topological polar surface area (TPSA) is 82.2 Å². The van der Waals surface area contributed by atoms with Crippen molar-refractivity contribution in [2.24, 2.45) is 7.05 Å². The smallest absolute Gasteiger partial charge is 0.352 e. The molecule has 0 radical (unpaired) electrons. The molecule has 0 atom stereocenters. The number of nitrogens with zero attached hydrogens (tertiary/aromatic N) is 4. The highest BCUT2D eigenvalue weighted by Crippen LogP contribution is 2.44. The first-order valence-electron chi connectivity index (χ1n) is 16.3. The van der Waals surface area contributed by atoms with Crippen molar-refractivity contribution in [1.82, 2.24) is 19.3 Å². The predicted molar refractivity (Wildman–Crippen MR) is 189 cm³/mol. The van der Waals surface area contributed by atoms with E-state index in [1.807, 2.05) is 37.5 Å². The molecule has 0 saturated heterocycles. The van der Waals surface area contributed by atoms with Crippen LogP contribution in [0.2, 0.25) is 5.02 Å². The van der Waals surface area contributed by atoms with Crippen molar-refractivity contribution in [3.05, 3.63) is 111 Å². The normalized spacial score (nSPS) is 15.2. The van der Waals surface area contributed by atoms with Gasteiger partial charge in [-0.15, -0.1) is 0 Å². The van der Waals surface area contributed by atoms with E-state index in [1.54, 1.807) is 28.5 Å². The lowest BCUT2D eigenvalue weighted by molar-refractivity contribution is 0.0685. The fourth-order valence-electron chi connectivity index (χ4n) is 7.43. The molecule has 0 fully saturated rings. The summed E-state index contributed by atoms with van der Waals surface area (Å²) < 4.78 is 24.5. The molecule has 0 aliphatic carbocycles. The molecule has 10 heteroatoms. The van der Waals surface area contributed by atoms with E-state index < -0.39 is 5.97 Å². The average molecular weight is 681 g/mol. The van der Waals surface area contributed by atoms with Crippen molar-refractivity contribution in [2.75, 3.05) is 6.61 Å². The van der Waals surface area contributed by atoms with Crippen LogP contribution in [-0.4, -0.2) is 37.0 Å². The number of hydrogen-bond donors (Lipinski definition) is 1. The van der Waals surface area contributed by atoms with Crippen molar-refractivity contribution in [3.8, 4) is 16.9 Å². The fraction of sp³-hybridized carbons (Fsp3) is 0.289. The SMILES string of the molecule is Cn1c(C(=O)O)c2c3ccc(Cl)c(c31)-c1c(nn3c1CCC3)CSCc1ccc(nc1)CCc1cc(c3ccc(F)cc3c1)OCCC2. The summed E-state index contributed by atoms with van der Waals surface area (Å²) in [6, 6.07) is 16.9. The third kappa shape index (κ3) is 5.52. The van der Waals surface area contributed by atoms with Crippen LogP contribution in [0.25, 0.3) is 32.8 Å². The maximum absolute atomic E-state index is 14.3. The van der Waals surface area contributed by atoms with E-state index in [-0.39, 0.29) is 11.5 Å². The number of hydrogen-bond acceptors (Lipinski definition) is 5. The Hall–Kier alpha value is -4.34. The molecule has 244 valence electrons. The predicted octanol–water partition coefficient (Wildman–Crippen LogP) is 8.57. The van der Waals surface area contributed by atoms with Crippen LogP contribution in [0.5, 0.6) is 5.75 Å². The second-order valence-corrected chi connectivity index (χ2v) is 14.1. The second kappa shape index (κ2) is 12.6. The van der Waals surface area contributed by atoms with Gasteiger partial charge in [0.05, 0.1) is 22.8 Å². The van der Waals surface area contributed by atoms with Crippen LogP contribution in [0.1, 0.15) is 57.1 Å². The highest BCUT2D eigenvalue weighted by atomic mass is 35.5. The van der Waals surface area contributed by atoms with Crippen LogP contribution < -0.4 is 4.74 Å². The van der Waals surface area contributed by atoms with Gasteiger partial charge in [-0.25, -0.2) is 9.18 Å². The quantitative estimate of drug-likeness (QED) is 0.187. The average Bonchev–Trinajstić information content (AvgIpc) is 3.74. The minimum Gasteiger partial charge on any atom is -0.493 e. The number of ether oxygens (including phenoxy) is 1. The molecule has 0 saturated carbocycles. The number of carbonyl (C=O) groups is 1. The van der Waals surface area contributed by atoms with Gasteiger partial charge in [0.2, 0.25) is 0 Å². The summed E-state index contributed by atoms with van der Waals surface area (Å²) in [7, 11) is 1.82. The molecule has 7 nitrogen and oxygen atoms in total. The number of pyridine rings is 1. The molecular formula is C38H34ClFN4O3S. The van der Waals surface area contributed by atoms with Gasteiger partial charge in [0, 0.05) is 64.6 Å². The van der Waals surface area contributed by atoms with Gasteiger partial charge in [-0.05, 0) is 97.0 Å². The van der Waals surface area contributed by atoms with Crippen LogP contribution in [0.3, 0.4) is 0 Å². The van der Waals surface area contributed by atoms with Gasteiger partial charge < -0.3 is 14.4 Å². The van der Waals surface area contributed by atoms with Gasteiger partial charge in [0.1, 0.15) is 17.3 Å². The van der Waals surface area contributed by atoms with Gasteiger partial charge in [-0.3, -0.25) is 9.67 Å². The Labute approximate surface area is 286 Å². The lowest BCUT2D eigenvalue weighted by Crippen LogP contribution is -2.09. The summed E-state index contributed by atoms with van der Waals surface area (Å²) >= 11 is 8.83. The third-order valence-corrected chi connectivity index (χ3v) is 10.9. The zero-order chi connectivity index (χ0) is 32.9. The molecule has 9 rings (SSSR count). The zero-order valence-electron chi connectivity index (χ0n) is 26.6. The second-order valence-electron chi connectivity index (χ2n) is 12.7. The number of aromatic carboxylic acids is 1. The summed E-state index contributed by atoms with van der Waals surface area (Å²) in [6.45, 7) is 1.23. The number of benzene rings is 3. The first kappa shape index (κ1) is 31.0. The van der Waals surface area contributed by atoms with Gasteiger partial charge in [-0.1, -0.05) is 29.8 Å².